The number of sulfonamides is 1. The zero-order chi connectivity index (χ0) is 14.6. The van der Waals surface area contributed by atoms with Gasteiger partial charge in [-0.1, -0.05) is 13.8 Å². The van der Waals surface area contributed by atoms with Gasteiger partial charge in [-0.05, 0) is 47.0 Å². The van der Waals surface area contributed by atoms with Crippen LogP contribution in [0.15, 0.2) is 27.6 Å². The van der Waals surface area contributed by atoms with Crippen LogP contribution in [0.4, 0.5) is 5.69 Å². The van der Waals surface area contributed by atoms with Gasteiger partial charge in [0.05, 0.1) is 10.6 Å². The van der Waals surface area contributed by atoms with E-state index in [-0.39, 0.29) is 16.7 Å². The van der Waals surface area contributed by atoms with Gasteiger partial charge in [0, 0.05) is 10.4 Å². The summed E-state index contributed by atoms with van der Waals surface area (Å²) in [6.07, 6.45) is 1.52. The molecule has 0 saturated heterocycles. The third-order valence-corrected chi connectivity index (χ3v) is 4.45. The first-order valence-corrected chi connectivity index (χ1v) is 8.26. The molecule has 1 aromatic carbocycles. The Kier molecular flexibility index (Phi) is 5.51. The molecule has 0 aliphatic rings. The molecule has 0 aromatic heterocycles. The number of benzene rings is 1. The van der Waals surface area contributed by atoms with E-state index in [1.165, 1.54) is 18.2 Å². The Balaban J connectivity index is 2.96. The number of hydrogen-bond donors (Lipinski definition) is 2. The molecule has 0 aliphatic heterocycles. The summed E-state index contributed by atoms with van der Waals surface area (Å²) >= 11 is 3.23. The highest BCUT2D eigenvalue weighted by atomic mass is 79.9. The molecule has 0 bridgehead atoms. The van der Waals surface area contributed by atoms with E-state index in [0.29, 0.717) is 10.2 Å². The van der Waals surface area contributed by atoms with Crippen LogP contribution < -0.4 is 10.5 Å². The summed E-state index contributed by atoms with van der Waals surface area (Å²) in [6, 6.07) is 4.25. The second-order valence-corrected chi connectivity index (χ2v) is 6.61. The van der Waals surface area contributed by atoms with Crippen molar-refractivity contribution in [1.29, 1.82) is 0 Å². The summed E-state index contributed by atoms with van der Waals surface area (Å²) in [7, 11) is -3.74. The molecule has 19 heavy (non-hydrogen) atoms. The van der Waals surface area contributed by atoms with Crippen molar-refractivity contribution in [3.8, 4) is 0 Å². The van der Waals surface area contributed by atoms with Gasteiger partial charge in [-0.25, -0.2) is 13.6 Å². The molecule has 0 atom stereocenters. The summed E-state index contributed by atoms with van der Waals surface area (Å²) in [5.41, 5.74) is 0.532. The van der Waals surface area contributed by atoms with E-state index in [0.717, 1.165) is 12.8 Å². The number of nitrogens with two attached hydrogens (primary N) is 1. The van der Waals surface area contributed by atoms with Crippen LogP contribution in [0.2, 0.25) is 0 Å². The number of carbonyl (C=O) groups is 1. The van der Waals surface area contributed by atoms with Gasteiger partial charge in [-0.2, -0.15) is 0 Å². The highest BCUT2D eigenvalue weighted by Gasteiger charge is 2.16. The molecular weight excluding hydrogens is 332 g/mol. The fraction of sp³-hybridized carbons (Fsp3) is 0.417. The predicted molar refractivity (Wildman–Crippen MR) is 78.2 cm³/mol. The smallest absolute Gasteiger partial charge is 0.238 e. The second kappa shape index (κ2) is 6.49. The van der Waals surface area contributed by atoms with Gasteiger partial charge in [-0.15, -0.1) is 0 Å². The number of halogens is 1. The maximum absolute atomic E-state index is 11.9. The molecule has 0 aliphatic carbocycles. The van der Waals surface area contributed by atoms with Gasteiger partial charge < -0.3 is 5.32 Å². The van der Waals surface area contributed by atoms with Crippen LogP contribution in [0, 0.1) is 5.92 Å². The van der Waals surface area contributed by atoms with E-state index in [2.05, 4.69) is 21.2 Å². The largest absolute Gasteiger partial charge is 0.325 e. The van der Waals surface area contributed by atoms with Crippen LogP contribution >= 0.6 is 15.9 Å². The Morgan fingerprint density at radius 2 is 1.95 bits per heavy atom. The van der Waals surface area contributed by atoms with Crippen LogP contribution in [0.25, 0.3) is 0 Å². The molecule has 1 rings (SSSR count). The van der Waals surface area contributed by atoms with Gasteiger partial charge in [0.25, 0.3) is 0 Å². The maximum Gasteiger partial charge on any atom is 0.238 e. The summed E-state index contributed by atoms with van der Waals surface area (Å²) in [5.74, 6) is -0.126. The quantitative estimate of drug-likeness (QED) is 0.856. The second-order valence-electron chi connectivity index (χ2n) is 4.19. The number of rotatable bonds is 5. The first-order valence-electron chi connectivity index (χ1n) is 5.92. The summed E-state index contributed by atoms with van der Waals surface area (Å²) in [6.45, 7) is 3.90. The molecular formula is C12H17BrN2O3S. The van der Waals surface area contributed by atoms with Gasteiger partial charge in [0.1, 0.15) is 0 Å². The normalized spacial score (nSPS) is 11.6. The highest BCUT2D eigenvalue weighted by Crippen LogP contribution is 2.26. The average molecular weight is 349 g/mol. The van der Waals surface area contributed by atoms with E-state index in [1.54, 1.807) is 0 Å². The number of hydrogen-bond acceptors (Lipinski definition) is 3. The Bertz CT molecular complexity index is 568. The zero-order valence-electron chi connectivity index (χ0n) is 10.8. The summed E-state index contributed by atoms with van der Waals surface area (Å²) in [4.78, 5) is 11.9. The van der Waals surface area contributed by atoms with Crippen molar-refractivity contribution in [2.45, 2.75) is 31.6 Å². The molecule has 0 spiro atoms. The van der Waals surface area contributed by atoms with E-state index in [1.807, 2.05) is 13.8 Å². The minimum absolute atomic E-state index is 0.0000861. The molecule has 1 aromatic rings. The third-order valence-electron chi connectivity index (χ3n) is 2.88. The molecule has 1 amide bonds. The molecule has 0 saturated carbocycles. The van der Waals surface area contributed by atoms with Crippen LogP contribution in [-0.2, 0) is 14.8 Å². The van der Waals surface area contributed by atoms with E-state index < -0.39 is 10.0 Å². The summed E-state index contributed by atoms with van der Waals surface area (Å²) in [5, 5.41) is 7.80. The van der Waals surface area contributed by atoms with Crippen molar-refractivity contribution in [1.82, 2.24) is 0 Å². The Morgan fingerprint density at radius 3 is 2.37 bits per heavy atom. The van der Waals surface area contributed by atoms with Crippen molar-refractivity contribution < 1.29 is 13.2 Å². The molecule has 0 heterocycles. The topological polar surface area (TPSA) is 89.3 Å². The van der Waals surface area contributed by atoms with Crippen molar-refractivity contribution in [3.63, 3.8) is 0 Å². The molecule has 106 valence electrons. The molecule has 5 nitrogen and oxygen atoms in total. The molecule has 7 heteroatoms. The number of primary sulfonamides is 1. The maximum atomic E-state index is 11.9. The minimum Gasteiger partial charge on any atom is -0.325 e. The minimum atomic E-state index is -3.74. The predicted octanol–water partition coefficient (Wildman–Crippen LogP) is 2.47. The lowest BCUT2D eigenvalue weighted by molar-refractivity contribution is -0.120. The van der Waals surface area contributed by atoms with Crippen molar-refractivity contribution in [2.75, 3.05) is 5.32 Å². The average Bonchev–Trinajstić information content (AvgIpc) is 2.32. The van der Waals surface area contributed by atoms with E-state index >= 15 is 0 Å². The highest BCUT2D eigenvalue weighted by molar-refractivity contribution is 9.10. The molecule has 3 N–H and O–H groups in total. The van der Waals surface area contributed by atoms with E-state index in [9.17, 15) is 13.2 Å². The fourth-order valence-electron chi connectivity index (χ4n) is 1.67. The van der Waals surface area contributed by atoms with Crippen LogP contribution in [0.1, 0.15) is 26.7 Å². The lowest BCUT2D eigenvalue weighted by Crippen LogP contribution is -2.22. The van der Waals surface area contributed by atoms with Gasteiger partial charge in [-0.3, -0.25) is 4.79 Å². The van der Waals surface area contributed by atoms with Crippen LogP contribution in [0.5, 0.6) is 0 Å². The Hall–Kier alpha value is -0.920. The first kappa shape index (κ1) is 16.1. The van der Waals surface area contributed by atoms with Crippen molar-refractivity contribution >= 4 is 37.5 Å². The molecule has 0 radical (unpaired) electrons. The summed E-state index contributed by atoms with van der Waals surface area (Å²) < 4.78 is 22.9. The zero-order valence-corrected chi connectivity index (χ0v) is 13.2. The van der Waals surface area contributed by atoms with Crippen LogP contribution in [0.3, 0.4) is 0 Å². The Labute approximate surface area is 121 Å². The number of anilines is 1. The standard InChI is InChI=1S/C12H17BrN2O3S/c1-3-8(4-2)12(16)15-11-6-5-9(7-10(11)13)19(14,17)18/h5-8H,3-4H2,1-2H3,(H,15,16)(H2,14,17,18). The van der Waals surface area contributed by atoms with Gasteiger partial charge >= 0.3 is 0 Å². The van der Waals surface area contributed by atoms with Crippen LogP contribution in [-0.4, -0.2) is 14.3 Å². The van der Waals surface area contributed by atoms with Crippen molar-refractivity contribution in [2.24, 2.45) is 11.1 Å². The lowest BCUT2D eigenvalue weighted by atomic mass is 10.0. The fourth-order valence-corrected chi connectivity index (χ4v) is 2.84. The number of nitrogens with one attached hydrogen (secondary N) is 1. The van der Waals surface area contributed by atoms with Crippen molar-refractivity contribution in [3.05, 3.63) is 22.7 Å². The Morgan fingerprint density at radius 1 is 1.37 bits per heavy atom. The van der Waals surface area contributed by atoms with Gasteiger partial charge in [0.2, 0.25) is 15.9 Å². The lowest BCUT2D eigenvalue weighted by Gasteiger charge is -2.14. The molecule has 0 unspecified atom stereocenters. The van der Waals surface area contributed by atoms with E-state index in [4.69, 9.17) is 5.14 Å². The van der Waals surface area contributed by atoms with Gasteiger partial charge in [0.15, 0.2) is 0 Å². The molecule has 0 fully saturated rings. The third kappa shape index (κ3) is 4.29. The number of carbonyl (C=O) groups excluding carboxylic acids is 1. The number of amides is 1. The SMILES string of the molecule is CCC(CC)C(=O)Nc1ccc(S(N)(=O)=O)cc1Br. The monoisotopic (exact) mass is 348 g/mol. The first-order chi connectivity index (χ1) is 8.79.